The molecular formula is C27H49NO6. The normalized spacial score (nSPS) is 11.8. The highest BCUT2D eigenvalue weighted by Crippen LogP contribution is 2.19. The third kappa shape index (κ3) is 20.7. The summed E-state index contributed by atoms with van der Waals surface area (Å²) in [7, 11) is 0. The van der Waals surface area contributed by atoms with Gasteiger partial charge in [-0.25, -0.2) is 0 Å². The molecule has 0 aliphatic carbocycles. The Bertz CT molecular complexity index is 520. The second-order valence-electron chi connectivity index (χ2n) is 9.56. The van der Waals surface area contributed by atoms with E-state index >= 15 is 0 Å². The molecule has 0 unspecified atom stereocenters. The molecule has 0 fully saturated rings. The van der Waals surface area contributed by atoms with E-state index in [9.17, 15) is 19.5 Å². The molecule has 0 heterocycles. The van der Waals surface area contributed by atoms with Gasteiger partial charge >= 0.3 is 11.9 Å². The van der Waals surface area contributed by atoms with Crippen molar-refractivity contribution in [2.24, 2.45) is 0 Å². The maximum absolute atomic E-state index is 10.9. The lowest BCUT2D eigenvalue weighted by Crippen LogP contribution is -2.51. The number of unbranched alkanes of at least 4 members (excludes halogenated alkanes) is 9. The van der Waals surface area contributed by atoms with Crippen molar-refractivity contribution in [3.8, 4) is 0 Å². The van der Waals surface area contributed by atoms with Gasteiger partial charge in [-0.15, -0.1) is 0 Å². The number of nitrogens with zero attached hydrogens (tertiary/aromatic N) is 1. The summed E-state index contributed by atoms with van der Waals surface area (Å²) in [5.41, 5.74) is 0. The van der Waals surface area contributed by atoms with Gasteiger partial charge in [0.1, 0.15) is 0 Å². The molecule has 0 atom stereocenters. The van der Waals surface area contributed by atoms with Crippen LogP contribution in [0.15, 0.2) is 12.2 Å². The van der Waals surface area contributed by atoms with Crippen molar-refractivity contribution < 1.29 is 34.2 Å². The number of rotatable bonds is 25. The number of hydrogen-bond acceptors (Lipinski definition) is 4. The number of carbonyl (C=O) groups is 3. The molecule has 7 nitrogen and oxygen atoms in total. The molecule has 7 heteroatoms. The Hall–Kier alpha value is -1.89. The molecule has 34 heavy (non-hydrogen) atoms. The monoisotopic (exact) mass is 483 g/mol. The number of hydrogen-bond donors (Lipinski definition) is 2. The minimum Gasteiger partial charge on any atom is -0.550 e. The SMILES string of the molecule is CC/C=C/CCCCCCCC[N+](CCCCC(=O)[O-])(CCCCC(=O)O)CCCCC(=O)O. The fraction of sp³-hybridized carbons (Fsp3) is 0.815. The first-order valence-electron chi connectivity index (χ1n) is 13.4. The van der Waals surface area contributed by atoms with Gasteiger partial charge in [0.25, 0.3) is 0 Å². The predicted molar refractivity (Wildman–Crippen MR) is 133 cm³/mol. The Kier molecular flexibility index (Phi) is 20.4. The Morgan fingerprint density at radius 3 is 1.47 bits per heavy atom. The minimum atomic E-state index is -1.02. The van der Waals surface area contributed by atoms with E-state index in [4.69, 9.17) is 10.2 Å². The first kappa shape index (κ1) is 32.1. The predicted octanol–water partition coefficient (Wildman–Crippen LogP) is 4.93. The van der Waals surface area contributed by atoms with Crippen LogP contribution in [0.5, 0.6) is 0 Å². The van der Waals surface area contributed by atoms with E-state index in [-0.39, 0.29) is 19.3 Å². The largest absolute Gasteiger partial charge is 0.550 e. The van der Waals surface area contributed by atoms with Gasteiger partial charge in [-0.3, -0.25) is 9.59 Å². The lowest BCUT2D eigenvalue weighted by molar-refractivity contribution is -0.929. The van der Waals surface area contributed by atoms with E-state index < -0.39 is 17.9 Å². The second kappa shape index (κ2) is 21.6. The number of allylic oxidation sites excluding steroid dienone is 2. The summed E-state index contributed by atoms with van der Waals surface area (Å²) in [5, 5.41) is 28.8. The van der Waals surface area contributed by atoms with Crippen LogP contribution in [0, 0.1) is 0 Å². The second-order valence-corrected chi connectivity index (χ2v) is 9.56. The topological polar surface area (TPSA) is 115 Å². The average molecular weight is 484 g/mol. The average Bonchev–Trinajstić information content (AvgIpc) is 2.78. The van der Waals surface area contributed by atoms with Gasteiger partial charge in [0.15, 0.2) is 0 Å². The van der Waals surface area contributed by atoms with Crippen LogP contribution >= 0.6 is 0 Å². The zero-order valence-corrected chi connectivity index (χ0v) is 21.5. The summed E-state index contributed by atoms with van der Waals surface area (Å²) in [6, 6.07) is 0. The molecule has 0 spiro atoms. The Labute approximate surface area is 206 Å². The van der Waals surface area contributed by atoms with Crippen LogP contribution < -0.4 is 5.11 Å². The van der Waals surface area contributed by atoms with E-state index in [1.807, 2.05) is 0 Å². The quantitative estimate of drug-likeness (QED) is 0.108. The molecule has 0 rings (SSSR count). The molecule has 0 saturated heterocycles. The molecule has 2 N–H and O–H groups in total. The van der Waals surface area contributed by atoms with Gasteiger partial charge in [-0.05, 0) is 77.0 Å². The van der Waals surface area contributed by atoms with Crippen LogP contribution in [0.3, 0.4) is 0 Å². The van der Waals surface area contributed by atoms with Crippen LogP contribution in [-0.4, -0.2) is 58.8 Å². The highest BCUT2D eigenvalue weighted by molar-refractivity contribution is 5.66. The molecule has 198 valence electrons. The van der Waals surface area contributed by atoms with Crippen molar-refractivity contribution in [1.82, 2.24) is 0 Å². The maximum atomic E-state index is 10.9. The van der Waals surface area contributed by atoms with Crippen molar-refractivity contribution in [2.75, 3.05) is 26.2 Å². The van der Waals surface area contributed by atoms with Crippen molar-refractivity contribution in [2.45, 2.75) is 116 Å². The summed E-state index contributed by atoms with van der Waals surface area (Å²) in [5.74, 6) is -2.58. The Morgan fingerprint density at radius 1 is 0.618 bits per heavy atom. The van der Waals surface area contributed by atoms with E-state index in [1.54, 1.807) is 0 Å². The third-order valence-corrected chi connectivity index (χ3v) is 6.47. The Balaban J connectivity index is 4.76. The molecule has 0 aromatic carbocycles. The van der Waals surface area contributed by atoms with Crippen molar-refractivity contribution in [3.63, 3.8) is 0 Å². The summed E-state index contributed by atoms with van der Waals surface area (Å²) in [6.45, 7) is 5.74. The Morgan fingerprint density at radius 2 is 1.03 bits per heavy atom. The number of aliphatic carboxylic acids is 3. The zero-order valence-electron chi connectivity index (χ0n) is 21.5. The smallest absolute Gasteiger partial charge is 0.303 e. The van der Waals surface area contributed by atoms with Crippen LogP contribution in [0.2, 0.25) is 0 Å². The van der Waals surface area contributed by atoms with Crippen LogP contribution in [0.1, 0.15) is 116 Å². The number of carboxylic acids is 3. The highest BCUT2D eigenvalue weighted by Gasteiger charge is 2.26. The van der Waals surface area contributed by atoms with Gasteiger partial charge in [0, 0.05) is 18.8 Å². The van der Waals surface area contributed by atoms with Crippen LogP contribution in [0.25, 0.3) is 0 Å². The standard InChI is InChI=1S/C27H49NO6/c1-2-3-4-5-6-7-8-9-10-14-21-28(22-15-11-18-25(29)30,23-16-12-19-26(31)32)24-17-13-20-27(33)34/h3-4H,2,5-24H2,1H3,(H2-,29,30,31,32,33,34)/b4-3+. The summed E-state index contributed by atoms with van der Waals surface area (Å²) in [4.78, 5) is 32.6. The van der Waals surface area contributed by atoms with Crippen molar-refractivity contribution in [3.05, 3.63) is 12.2 Å². The number of quaternary nitrogens is 1. The maximum Gasteiger partial charge on any atom is 0.303 e. The number of carbonyl (C=O) groups excluding carboxylic acids is 1. The summed E-state index contributed by atoms with van der Waals surface area (Å²) >= 11 is 0. The highest BCUT2D eigenvalue weighted by atomic mass is 16.4. The zero-order chi connectivity index (χ0) is 25.5. The van der Waals surface area contributed by atoms with Gasteiger partial charge < -0.3 is 24.6 Å². The van der Waals surface area contributed by atoms with E-state index in [0.717, 1.165) is 75.6 Å². The molecule has 0 aliphatic rings. The van der Waals surface area contributed by atoms with Crippen molar-refractivity contribution in [1.29, 1.82) is 0 Å². The molecule has 0 amide bonds. The third-order valence-electron chi connectivity index (χ3n) is 6.47. The van der Waals surface area contributed by atoms with E-state index in [1.165, 1.54) is 25.7 Å². The van der Waals surface area contributed by atoms with E-state index in [0.29, 0.717) is 19.3 Å². The minimum absolute atomic E-state index is 0.0610. The lowest BCUT2D eigenvalue weighted by Gasteiger charge is -2.39. The first-order valence-corrected chi connectivity index (χ1v) is 13.4. The fourth-order valence-electron chi connectivity index (χ4n) is 4.54. The van der Waals surface area contributed by atoms with Gasteiger partial charge in [-0.1, -0.05) is 38.3 Å². The molecule has 0 aromatic rings. The van der Waals surface area contributed by atoms with Crippen LogP contribution in [-0.2, 0) is 14.4 Å². The molecule has 0 saturated carbocycles. The molecular weight excluding hydrogens is 434 g/mol. The molecule has 0 aromatic heterocycles. The lowest BCUT2D eigenvalue weighted by atomic mass is 10.1. The van der Waals surface area contributed by atoms with Gasteiger partial charge in [0.05, 0.1) is 26.2 Å². The number of carboxylic acid groups (broad SMARTS) is 3. The summed E-state index contributed by atoms with van der Waals surface area (Å²) in [6.07, 6.45) is 18.6. The van der Waals surface area contributed by atoms with Gasteiger partial charge in [-0.2, -0.15) is 0 Å². The van der Waals surface area contributed by atoms with Crippen LogP contribution in [0.4, 0.5) is 0 Å². The van der Waals surface area contributed by atoms with Crippen molar-refractivity contribution >= 4 is 17.9 Å². The molecule has 0 radical (unpaired) electrons. The summed E-state index contributed by atoms with van der Waals surface area (Å²) < 4.78 is 0.841. The fourth-order valence-corrected chi connectivity index (χ4v) is 4.54. The van der Waals surface area contributed by atoms with E-state index in [2.05, 4.69) is 19.1 Å². The molecule has 0 aliphatic heterocycles. The van der Waals surface area contributed by atoms with Gasteiger partial charge in [0.2, 0.25) is 0 Å². The molecule has 0 bridgehead atoms. The first-order chi connectivity index (χ1) is 16.3.